The monoisotopic (exact) mass is 536 g/mol. The molecule has 0 aromatic carbocycles. The number of nitrogens with zero attached hydrogens (tertiary/aromatic N) is 3. The summed E-state index contributed by atoms with van der Waals surface area (Å²) < 4.78 is 85.8. The zero-order valence-electron chi connectivity index (χ0n) is 19.2. The highest BCUT2D eigenvalue weighted by Crippen LogP contribution is 2.44. The standard InChI is InChI=1S/C22H22F6N4O3S/c1-3-35-20(34)18-31-16(19(33)32-11-4-5-12(32)7-6-11)17(36-18)13-9-29-15(8-14(13)22(26,27)28)30-10(2)21(23,24)25/h8-12H,3-7H2,1-2H3,(H,29,30)/t10?,11-,12+. The van der Waals surface area contributed by atoms with Gasteiger partial charge in [-0.05, 0) is 45.6 Å². The third-order valence-electron chi connectivity index (χ3n) is 6.28. The van der Waals surface area contributed by atoms with E-state index in [4.69, 9.17) is 4.74 Å². The van der Waals surface area contributed by atoms with E-state index in [-0.39, 0.29) is 34.3 Å². The third-order valence-corrected chi connectivity index (χ3v) is 7.35. The summed E-state index contributed by atoms with van der Waals surface area (Å²) in [5.41, 5.74) is -2.21. The van der Waals surface area contributed by atoms with Crippen LogP contribution in [0.3, 0.4) is 0 Å². The molecule has 14 heteroatoms. The van der Waals surface area contributed by atoms with Gasteiger partial charge in [-0.2, -0.15) is 26.3 Å². The lowest BCUT2D eigenvalue weighted by Crippen LogP contribution is -2.35. The molecule has 1 atom stereocenters. The molecule has 1 unspecified atom stereocenters. The Labute approximate surface area is 205 Å². The molecule has 0 spiro atoms. The number of hydrogen-bond donors (Lipinski definition) is 1. The Kier molecular flexibility index (Phi) is 6.92. The lowest BCUT2D eigenvalue weighted by Gasteiger charge is -2.22. The summed E-state index contributed by atoms with van der Waals surface area (Å²) in [6.45, 7) is 2.28. The van der Waals surface area contributed by atoms with Crippen molar-refractivity contribution >= 4 is 29.0 Å². The number of nitrogens with one attached hydrogen (secondary N) is 1. The van der Waals surface area contributed by atoms with Gasteiger partial charge in [-0.3, -0.25) is 4.79 Å². The predicted octanol–water partition coefficient (Wildman–Crippen LogP) is 5.53. The fraction of sp³-hybridized carbons (Fsp3) is 0.545. The number of halogens is 6. The number of thiazole rings is 1. The second-order valence-corrected chi connectivity index (χ2v) is 9.61. The van der Waals surface area contributed by atoms with Crippen molar-refractivity contribution in [3.05, 3.63) is 28.5 Å². The van der Waals surface area contributed by atoms with Gasteiger partial charge in [0, 0.05) is 23.8 Å². The van der Waals surface area contributed by atoms with Crippen LogP contribution in [0.1, 0.15) is 65.4 Å². The molecule has 196 valence electrons. The van der Waals surface area contributed by atoms with Crippen molar-refractivity contribution in [1.82, 2.24) is 14.9 Å². The van der Waals surface area contributed by atoms with E-state index in [1.807, 2.05) is 5.32 Å². The fourth-order valence-corrected chi connectivity index (χ4v) is 5.52. The van der Waals surface area contributed by atoms with E-state index < -0.39 is 47.2 Å². The fourth-order valence-electron chi connectivity index (χ4n) is 4.55. The Morgan fingerprint density at radius 2 is 1.78 bits per heavy atom. The molecule has 0 saturated carbocycles. The summed E-state index contributed by atoms with van der Waals surface area (Å²) in [4.78, 5) is 34.9. The molecule has 2 fully saturated rings. The van der Waals surface area contributed by atoms with Crippen molar-refractivity contribution in [3.63, 3.8) is 0 Å². The van der Waals surface area contributed by atoms with Crippen molar-refractivity contribution in [3.8, 4) is 10.4 Å². The number of amides is 1. The largest absolute Gasteiger partial charge is 0.461 e. The van der Waals surface area contributed by atoms with E-state index in [1.165, 1.54) is 0 Å². The third kappa shape index (κ3) is 5.00. The molecule has 36 heavy (non-hydrogen) atoms. The van der Waals surface area contributed by atoms with Gasteiger partial charge in [-0.15, -0.1) is 11.3 Å². The number of carbonyl (C=O) groups excluding carboxylic acids is 2. The molecule has 4 rings (SSSR count). The first-order valence-corrected chi connectivity index (χ1v) is 12.0. The van der Waals surface area contributed by atoms with Gasteiger partial charge in [0.05, 0.1) is 17.0 Å². The minimum absolute atomic E-state index is 0.0135. The smallest absolute Gasteiger partial charge is 0.417 e. The molecule has 2 aromatic heterocycles. The molecule has 2 saturated heterocycles. The Morgan fingerprint density at radius 3 is 2.31 bits per heavy atom. The van der Waals surface area contributed by atoms with Crippen molar-refractivity contribution in [2.45, 2.75) is 70.0 Å². The van der Waals surface area contributed by atoms with Crippen LogP contribution in [-0.4, -0.2) is 57.7 Å². The first-order valence-electron chi connectivity index (χ1n) is 11.2. The number of pyridine rings is 1. The van der Waals surface area contributed by atoms with Crippen molar-refractivity contribution in [2.75, 3.05) is 11.9 Å². The van der Waals surface area contributed by atoms with E-state index in [0.717, 1.165) is 38.8 Å². The minimum Gasteiger partial charge on any atom is -0.461 e. The van der Waals surface area contributed by atoms with Crippen molar-refractivity contribution in [1.29, 1.82) is 0 Å². The summed E-state index contributed by atoms with van der Waals surface area (Å²) in [6, 6.07) is -1.81. The highest BCUT2D eigenvalue weighted by molar-refractivity contribution is 7.17. The van der Waals surface area contributed by atoms with E-state index in [1.54, 1.807) is 11.8 Å². The molecule has 7 nitrogen and oxygen atoms in total. The molecule has 4 heterocycles. The highest BCUT2D eigenvalue weighted by atomic mass is 32.1. The first-order chi connectivity index (χ1) is 16.8. The summed E-state index contributed by atoms with van der Waals surface area (Å²) in [7, 11) is 0. The number of anilines is 1. The summed E-state index contributed by atoms with van der Waals surface area (Å²) in [5, 5.41) is 1.61. The molecular formula is C22H22F6N4O3S. The van der Waals surface area contributed by atoms with Gasteiger partial charge in [-0.25, -0.2) is 14.8 Å². The Balaban J connectivity index is 1.81. The number of fused-ring (bicyclic) bond motifs is 2. The van der Waals surface area contributed by atoms with E-state index in [0.29, 0.717) is 17.4 Å². The average Bonchev–Trinajstić information content (AvgIpc) is 3.52. The van der Waals surface area contributed by atoms with Crippen LogP contribution in [0, 0.1) is 0 Å². The molecule has 0 radical (unpaired) electrons. The molecule has 1 amide bonds. The predicted molar refractivity (Wildman–Crippen MR) is 118 cm³/mol. The maximum Gasteiger partial charge on any atom is 0.417 e. The highest BCUT2D eigenvalue weighted by Gasteiger charge is 2.45. The van der Waals surface area contributed by atoms with E-state index in [9.17, 15) is 35.9 Å². The van der Waals surface area contributed by atoms with E-state index >= 15 is 0 Å². The topological polar surface area (TPSA) is 84.4 Å². The number of esters is 1. The molecule has 2 aromatic rings. The van der Waals surface area contributed by atoms with Crippen LogP contribution in [0.4, 0.5) is 32.2 Å². The molecule has 2 aliphatic heterocycles. The molecule has 1 N–H and O–H groups in total. The number of hydrogen-bond acceptors (Lipinski definition) is 7. The van der Waals surface area contributed by atoms with Crippen LogP contribution in [-0.2, 0) is 10.9 Å². The zero-order valence-corrected chi connectivity index (χ0v) is 20.0. The number of alkyl halides is 6. The number of aromatic nitrogens is 2. The quantitative estimate of drug-likeness (QED) is 0.386. The summed E-state index contributed by atoms with van der Waals surface area (Å²) >= 11 is 0.551. The maximum atomic E-state index is 14.1. The van der Waals surface area contributed by atoms with Gasteiger partial charge in [0.1, 0.15) is 17.6 Å². The van der Waals surface area contributed by atoms with Crippen LogP contribution in [0.5, 0.6) is 0 Å². The zero-order chi connectivity index (χ0) is 26.4. The van der Waals surface area contributed by atoms with Crippen LogP contribution in [0.15, 0.2) is 12.3 Å². The first kappa shape index (κ1) is 26.2. The van der Waals surface area contributed by atoms with E-state index in [2.05, 4.69) is 9.97 Å². The van der Waals surface area contributed by atoms with Gasteiger partial charge >= 0.3 is 18.3 Å². The lowest BCUT2D eigenvalue weighted by atomic mass is 10.0. The van der Waals surface area contributed by atoms with Crippen LogP contribution < -0.4 is 5.32 Å². The van der Waals surface area contributed by atoms with Gasteiger partial charge in [0.15, 0.2) is 0 Å². The lowest BCUT2D eigenvalue weighted by molar-refractivity contribution is -0.138. The number of carbonyl (C=O) groups is 2. The molecular weight excluding hydrogens is 514 g/mol. The summed E-state index contributed by atoms with van der Waals surface area (Å²) in [6.07, 6.45) is -5.88. The normalized spacial score (nSPS) is 20.5. The Bertz CT molecular complexity index is 1150. The van der Waals surface area contributed by atoms with Crippen LogP contribution in [0.25, 0.3) is 10.4 Å². The maximum absolute atomic E-state index is 14.1. The molecule has 2 aliphatic rings. The molecule has 2 bridgehead atoms. The van der Waals surface area contributed by atoms with Gasteiger partial charge in [0.25, 0.3) is 5.91 Å². The van der Waals surface area contributed by atoms with Crippen molar-refractivity contribution in [2.24, 2.45) is 0 Å². The van der Waals surface area contributed by atoms with Crippen LogP contribution in [0.2, 0.25) is 0 Å². The Morgan fingerprint density at radius 1 is 1.17 bits per heavy atom. The Hall–Kier alpha value is -2.90. The second-order valence-electron chi connectivity index (χ2n) is 8.61. The van der Waals surface area contributed by atoms with Gasteiger partial charge < -0.3 is 15.0 Å². The summed E-state index contributed by atoms with van der Waals surface area (Å²) in [5.74, 6) is -2.13. The second kappa shape index (κ2) is 9.52. The number of rotatable bonds is 6. The van der Waals surface area contributed by atoms with Crippen LogP contribution >= 0.6 is 11.3 Å². The van der Waals surface area contributed by atoms with Gasteiger partial charge in [0.2, 0.25) is 5.01 Å². The SMILES string of the molecule is CCOC(=O)c1nc(C(=O)N2[C@H]3CC[C@@H]2CC3)c(-c2cnc(NC(C)C(F)(F)F)cc2C(F)(F)F)s1. The number of ether oxygens (including phenoxy) is 1. The van der Waals surface area contributed by atoms with Gasteiger partial charge in [-0.1, -0.05) is 0 Å². The van der Waals surface area contributed by atoms with Crippen molar-refractivity contribution < 1.29 is 40.7 Å². The average molecular weight is 536 g/mol. The minimum atomic E-state index is -5.00. The molecule has 0 aliphatic carbocycles.